The summed E-state index contributed by atoms with van der Waals surface area (Å²) < 4.78 is 5.00. The van der Waals surface area contributed by atoms with Gasteiger partial charge in [-0.2, -0.15) is 0 Å². The van der Waals surface area contributed by atoms with Crippen molar-refractivity contribution in [1.82, 2.24) is 4.98 Å². The molecule has 5 heteroatoms. The van der Waals surface area contributed by atoms with E-state index in [0.717, 1.165) is 12.8 Å². The third kappa shape index (κ3) is 3.06. The van der Waals surface area contributed by atoms with Gasteiger partial charge in [-0.3, -0.25) is 0 Å². The number of carbonyl (C=O) groups is 1. The molecule has 1 atom stereocenters. The van der Waals surface area contributed by atoms with Crippen molar-refractivity contribution in [3.05, 3.63) is 17.8 Å². The van der Waals surface area contributed by atoms with Crippen LogP contribution in [0.2, 0.25) is 0 Å². The number of hydrogen-bond acceptors (Lipinski definition) is 4. The number of oxazole rings is 1. The second kappa shape index (κ2) is 4.93. The normalized spacial score (nSPS) is 13.1. The van der Waals surface area contributed by atoms with E-state index in [9.17, 15) is 4.79 Å². The lowest BCUT2D eigenvalue weighted by Gasteiger charge is -2.10. The molecule has 15 heavy (non-hydrogen) atoms. The van der Waals surface area contributed by atoms with Gasteiger partial charge in [-0.25, -0.2) is 9.78 Å². The molecular formula is C10H16N2O3. The molecule has 0 aromatic carbocycles. The lowest BCUT2D eigenvalue weighted by molar-refractivity contribution is 0.0688. The first-order valence-electron chi connectivity index (χ1n) is 4.94. The molecule has 1 rings (SSSR count). The molecular weight excluding hydrogens is 196 g/mol. The Hall–Kier alpha value is -1.36. The van der Waals surface area contributed by atoms with Crippen LogP contribution >= 0.6 is 0 Å². The second-order valence-electron chi connectivity index (χ2n) is 3.95. The fraction of sp³-hybridized carbons (Fsp3) is 0.600. The van der Waals surface area contributed by atoms with Crippen molar-refractivity contribution < 1.29 is 14.3 Å². The molecule has 3 N–H and O–H groups in total. The first-order chi connectivity index (χ1) is 7.02. The Bertz CT molecular complexity index is 333. The number of hydrogen-bond donors (Lipinski definition) is 2. The molecule has 0 fully saturated rings. The third-order valence-corrected chi connectivity index (χ3v) is 2.19. The van der Waals surface area contributed by atoms with E-state index in [2.05, 4.69) is 18.8 Å². The van der Waals surface area contributed by atoms with Gasteiger partial charge in [0, 0.05) is 0 Å². The molecule has 84 valence electrons. The van der Waals surface area contributed by atoms with Crippen molar-refractivity contribution >= 4 is 5.97 Å². The minimum atomic E-state index is -1.10. The summed E-state index contributed by atoms with van der Waals surface area (Å²) in [5.74, 6) is -0.297. The minimum Gasteiger partial charge on any atom is -0.476 e. The van der Waals surface area contributed by atoms with Crippen LogP contribution in [0.15, 0.2) is 10.8 Å². The summed E-state index contributed by atoms with van der Waals surface area (Å²) in [5, 5.41) is 8.80. The van der Waals surface area contributed by atoms with Crippen molar-refractivity contribution in [3.8, 4) is 0 Å². The zero-order valence-electron chi connectivity index (χ0n) is 8.93. The van der Waals surface area contributed by atoms with Gasteiger partial charge in [0.15, 0.2) is 17.8 Å². The van der Waals surface area contributed by atoms with E-state index in [4.69, 9.17) is 15.3 Å². The maximum Gasteiger partial charge on any atom is 0.358 e. The highest BCUT2D eigenvalue weighted by Crippen LogP contribution is 2.21. The molecule has 1 heterocycles. The van der Waals surface area contributed by atoms with E-state index in [1.807, 2.05) is 0 Å². The third-order valence-electron chi connectivity index (χ3n) is 2.19. The van der Waals surface area contributed by atoms with Crippen LogP contribution in [0.1, 0.15) is 49.0 Å². The summed E-state index contributed by atoms with van der Waals surface area (Å²) in [4.78, 5) is 14.4. The fourth-order valence-electron chi connectivity index (χ4n) is 1.32. The van der Waals surface area contributed by atoms with Gasteiger partial charge < -0.3 is 15.3 Å². The first kappa shape index (κ1) is 11.7. The summed E-state index contributed by atoms with van der Waals surface area (Å²) in [6.45, 7) is 4.18. The maximum absolute atomic E-state index is 10.7. The highest BCUT2D eigenvalue weighted by Gasteiger charge is 2.21. The molecule has 0 bridgehead atoms. The van der Waals surface area contributed by atoms with Gasteiger partial charge in [0.25, 0.3) is 0 Å². The van der Waals surface area contributed by atoms with Crippen LogP contribution < -0.4 is 5.73 Å². The number of nitrogens with zero attached hydrogens (tertiary/aromatic N) is 1. The molecule has 0 spiro atoms. The molecule has 0 aliphatic heterocycles. The zero-order chi connectivity index (χ0) is 11.4. The van der Waals surface area contributed by atoms with E-state index >= 15 is 0 Å². The smallest absolute Gasteiger partial charge is 0.358 e. The second-order valence-corrected chi connectivity index (χ2v) is 3.95. The molecule has 0 aliphatic carbocycles. The largest absolute Gasteiger partial charge is 0.476 e. The Morgan fingerprint density at radius 2 is 2.27 bits per heavy atom. The summed E-state index contributed by atoms with van der Waals surface area (Å²) in [6, 6.07) is -0.388. The summed E-state index contributed by atoms with van der Waals surface area (Å²) in [5.41, 5.74) is 5.75. The van der Waals surface area contributed by atoms with E-state index < -0.39 is 5.97 Å². The van der Waals surface area contributed by atoms with Gasteiger partial charge in [0.2, 0.25) is 0 Å². The molecule has 1 aromatic rings. The van der Waals surface area contributed by atoms with Crippen LogP contribution in [0.5, 0.6) is 0 Å². The summed E-state index contributed by atoms with van der Waals surface area (Å²) >= 11 is 0. The van der Waals surface area contributed by atoms with E-state index in [-0.39, 0.29) is 17.5 Å². The van der Waals surface area contributed by atoms with Crippen molar-refractivity contribution in [1.29, 1.82) is 0 Å². The van der Waals surface area contributed by atoms with Crippen LogP contribution in [-0.2, 0) is 0 Å². The van der Waals surface area contributed by atoms with Crippen molar-refractivity contribution in [2.45, 2.75) is 32.7 Å². The Morgan fingerprint density at radius 3 is 2.80 bits per heavy atom. The summed E-state index contributed by atoms with van der Waals surface area (Å²) in [6.07, 6.45) is 2.75. The molecule has 0 saturated carbocycles. The maximum atomic E-state index is 10.7. The zero-order valence-corrected chi connectivity index (χ0v) is 8.93. The van der Waals surface area contributed by atoms with Crippen LogP contribution in [0.25, 0.3) is 0 Å². The lowest BCUT2D eigenvalue weighted by Crippen LogP contribution is -2.14. The Labute approximate surface area is 88.3 Å². The Kier molecular flexibility index (Phi) is 3.85. The summed E-state index contributed by atoms with van der Waals surface area (Å²) in [7, 11) is 0. The quantitative estimate of drug-likeness (QED) is 0.776. The van der Waals surface area contributed by atoms with E-state index in [1.165, 1.54) is 0 Å². The van der Waals surface area contributed by atoms with Crippen LogP contribution in [0.4, 0.5) is 0 Å². The van der Waals surface area contributed by atoms with Crippen molar-refractivity contribution in [3.63, 3.8) is 0 Å². The SMILES string of the molecule is CC(C)CCC(N)c1ocnc1C(=O)O. The van der Waals surface area contributed by atoms with Gasteiger partial charge in [-0.15, -0.1) is 0 Å². The Morgan fingerprint density at radius 1 is 1.60 bits per heavy atom. The van der Waals surface area contributed by atoms with Gasteiger partial charge in [0.05, 0.1) is 6.04 Å². The highest BCUT2D eigenvalue weighted by atomic mass is 16.4. The standard InChI is InChI=1S/C10H16N2O3/c1-6(2)3-4-7(11)9-8(10(13)14)12-5-15-9/h5-7H,3-4,11H2,1-2H3,(H,13,14). The number of rotatable bonds is 5. The molecule has 0 amide bonds. The fourth-order valence-corrected chi connectivity index (χ4v) is 1.32. The number of aromatic carboxylic acids is 1. The van der Waals surface area contributed by atoms with Crippen molar-refractivity contribution in [2.75, 3.05) is 0 Å². The minimum absolute atomic E-state index is 0.0775. The van der Waals surface area contributed by atoms with Crippen LogP contribution in [-0.4, -0.2) is 16.1 Å². The monoisotopic (exact) mass is 212 g/mol. The van der Waals surface area contributed by atoms with Gasteiger partial charge in [-0.1, -0.05) is 13.8 Å². The molecule has 1 unspecified atom stereocenters. The average molecular weight is 212 g/mol. The lowest BCUT2D eigenvalue weighted by atomic mass is 10.0. The molecule has 1 aromatic heterocycles. The molecule has 5 nitrogen and oxygen atoms in total. The number of carboxylic acids is 1. The predicted molar refractivity (Wildman–Crippen MR) is 54.5 cm³/mol. The predicted octanol–water partition coefficient (Wildman–Crippen LogP) is 1.81. The number of aromatic nitrogens is 1. The van der Waals surface area contributed by atoms with Gasteiger partial charge >= 0.3 is 5.97 Å². The number of carboxylic acid groups (broad SMARTS) is 1. The highest BCUT2D eigenvalue weighted by molar-refractivity contribution is 5.86. The topological polar surface area (TPSA) is 89.4 Å². The van der Waals surface area contributed by atoms with Gasteiger partial charge in [0.1, 0.15) is 0 Å². The van der Waals surface area contributed by atoms with Crippen LogP contribution in [0, 0.1) is 5.92 Å². The van der Waals surface area contributed by atoms with Crippen LogP contribution in [0.3, 0.4) is 0 Å². The van der Waals surface area contributed by atoms with E-state index in [1.54, 1.807) is 0 Å². The van der Waals surface area contributed by atoms with E-state index in [0.29, 0.717) is 12.3 Å². The molecule has 0 saturated heterocycles. The number of nitrogens with two attached hydrogens (primary N) is 1. The van der Waals surface area contributed by atoms with Gasteiger partial charge in [-0.05, 0) is 18.8 Å². The van der Waals surface area contributed by atoms with Crippen molar-refractivity contribution in [2.24, 2.45) is 11.7 Å². The molecule has 0 radical (unpaired) electrons. The first-order valence-corrected chi connectivity index (χ1v) is 4.94. The molecule has 0 aliphatic rings. The Balaban J connectivity index is 2.69. The average Bonchev–Trinajstić information content (AvgIpc) is 2.62.